The van der Waals surface area contributed by atoms with Crippen molar-refractivity contribution in [1.29, 1.82) is 0 Å². The third-order valence-electron chi connectivity index (χ3n) is 0.821. The Morgan fingerprint density at radius 1 is 0.923 bits per heavy atom. The molecule has 1 radical (unpaired) electrons. The maximum Gasteiger partial charge on any atom is 0.454 e. The van der Waals surface area contributed by atoms with E-state index in [4.69, 9.17) is 0 Å². The van der Waals surface area contributed by atoms with Gasteiger partial charge in [0.15, 0.2) is 0 Å². The molecular weight excluding hydrogens is 206 g/mol. The van der Waals surface area contributed by atoms with Crippen molar-refractivity contribution in [2.24, 2.45) is 0 Å². The largest absolute Gasteiger partial charge is 0.454 e. The third kappa shape index (κ3) is 3.81. The van der Waals surface area contributed by atoms with E-state index in [0.29, 0.717) is 0 Å². The molecule has 13 heavy (non-hydrogen) atoms. The standard InChI is InChI=1S/C5HF6O2/c6-4(7,8)2(12)1-3(13)5(9,10)11/h1H. The Kier molecular flexibility index (Phi) is 2.96. The predicted octanol–water partition coefficient (Wildman–Crippen LogP) is 1.99. The van der Waals surface area contributed by atoms with Crippen LogP contribution in [0.1, 0.15) is 0 Å². The van der Waals surface area contributed by atoms with Gasteiger partial charge in [0, 0.05) is 6.08 Å². The Bertz CT molecular complexity index is 234. The molecule has 0 aliphatic carbocycles. The maximum atomic E-state index is 11.3. The molecule has 0 spiro atoms. The summed E-state index contributed by atoms with van der Waals surface area (Å²) in [7, 11) is 0. The lowest BCUT2D eigenvalue weighted by atomic mass is 10.3. The van der Waals surface area contributed by atoms with E-state index in [2.05, 4.69) is 0 Å². The van der Waals surface area contributed by atoms with E-state index in [1.165, 1.54) is 0 Å². The highest BCUT2D eigenvalue weighted by Gasteiger charge is 2.42. The smallest absolute Gasteiger partial charge is 0.285 e. The number of halogens is 6. The molecule has 0 aromatic heterocycles. The number of hydrogen-bond acceptors (Lipinski definition) is 1. The van der Waals surface area contributed by atoms with Crippen molar-refractivity contribution in [3.05, 3.63) is 11.8 Å². The Balaban J connectivity index is 4.70. The van der Waals surface area contributed by atoms with Crippen molar-refractivity contribution in [3.8, 4) is 0 Å². The molecule has 0 atom stereocenters. The Labute approximate surface area is 67.5 Å². The summed E-state index contributed by atoms with van der Waals surface area (Å²) in [5.41, 5.74) is 0. The fraction of sp³-hybridized carbons (Fsp3) is 0.400. The van der Waals surface area contributed by atoms with Crippen LogP contribution in [0.5, 0.6) is 0 Å². The number of alkyl halides is 6. The molecule has 0 amide bonds. The summed E-state index contributed by atoms with van der Waals surface area (Å²) >= 11 is 0. The van der Waals surface area contributed by atoms with Gasteiger partial charge in [-0.2, -0.15) is 26.3 Å². The molecule has 75 valence electrons. The average Bonchev–Trinajstić information content (AvgIpc) is 1.82. The quantitative estimate of drug-likeness (QED) is 0.368. The van der Waals surface area contributed by atoms with Crippen molar-refractivity contribution in [2.45, 2.75) is 12.4 Å². The van der Waals surface area contributed by atoms with Crippen LogP contribution in [0.2, 0.25) is 0 Å². The average molecular weight is 207 g/mol. The van der Waals surface area contributed by atoms with Gasteiger partial charge in [-0.05, 0) is 0 Å². The van der Waals surface area contributed by atoms with E-state index in [-0.39, 0.29) is 0 Å². The van der Waals surface area contributed by atoms with Crippen LogP contribution in [0, 0.1) is 0 Å². The maximum absolute atomic E-state index is 11.3. The van der Waals surface area contributed by atoms with Gasteiger partial charge in [0.2, 0.25) is 0 Å². The van der Waals surface area contributed by atoms with E-state index < -0.39 is 30.0 Å². The third-order valence-corrected chi connectivity index (χ3v) is 0.821. The first-order chi connectivity index (χ1) is 5.55. The molecule has 0 unspecified atom stereocenters. The molecule has 0 fully saturated rings. The minimum Gasteiger partial charge on any atom is -0.285 e. The lowest BCUT2D eigenvalue weighted by Gasteiger charge is -2.02. The van der Waals surface area contributed by atoms with Crippen LogP contribution in [0.3, 0.4) is 0 Å². The van der Waals surface area contributed by atoms with Gasteiger partial charge in [-0.15, -0.1) is 0 Å². The summed E-state index contributed by atoms with van der Waals surface area (Å²) in [6.45, 7) is 0. The van der Waals surface area contributed by atoms with Gasteiger partial charge >= 0.3 is 12.4 Å². The first kappa shape index (κ1) is 11.8. The zero-order chi connectivity index (χ0) is 10.9. The van der Waals surface area contributed by atoms with Gasteiger partial charge in [-0.1, -0.05) is 0 Å². The summed E-state index contributed by atoms with van der Waals surface area (Å²) < 4.78 is 67.8. The fourth-order valence-electron chi connectivity index (χ4n) is 0.283. The molecule has 0 aliphatic heterocycles. The van der Waals surface area contributed by atoms with E-state index in [0.717, 1.165) is 0 Å². The van der Waals surface area contributed by atoms with Gasteiger partial charge in [0.25, 0.3) is 11.5 Å². The number of hydrogen-bond donors (Lipinski definition) is 0. The van der Waals surface area contributed by atoms with Crippen LogP contribution >= 0.6 is 0 Å². The van der Waals surface area contributed by atoms with E-state index >= 15 is 0 Å². The Morgan fingerprint density at radius 3 is 1.54 bits per heavy atom. The van der Waals surface area contributed by atoms with Crippen LogP contribution in [-0.4, -0.2) is 18.1 Å². The number of carbonyl (C=O) groups is 1. The van der Waals surface area contributed by atoms with Crippen molar-refractivity contribution in [1.82, 2.24) is 0 Å². The molecule has 0 aromatic carbocycles. The Morgan fingerprint density at radius 2 is 1.31 bits per heavy atom. The zero-order valence-corrected chi connectivity index (χ0v) is 5.66. The lowest BCUT2D eigenvalue weighted by Crippen LogP contribution is -2.22. The van der Waals surface area contributed by atoms with Gasteiger partial charge in [0.1, 0.15) is 0 Å². The highest BCUT2D eigenvalue weighted by molar-refractivity contribution is 5.94. The minimum atomic E-state index is -5.46. The van der Waals surface area contributed by atoms with Crippen LogP contribution in [0.15, 0.2) is 11.8 Å². The van der Waals surface area contributed by atoms with Crippen LogP contribution in [-0.2, 0) is 9.90 Å². The van der Waals surface area contributed by atoms with Crippen molar-refractivity contribution in [3.63, 3.8) is 0 Å². The normalized spacial score (nSPS) is 14.5. The molecule has 8 heteroatoms. The topological polar surface area (TPSA) is 37.0 Å². The second kappa shape index (κ2) is 3.27. The first-order valence-electron chi connectivity index (χ1n) is 2.62. The summed E-state index contributed by atoms with van der Waals surface area (Å²) in [5.74, 6) is -5.65. The molecule has 0 bridgehead atoms. The number of rotatable bonds is 1. The highest BCUT2D eigenvalue weighted by atomic mass is 19.4. The fourth-order valence-corrected chi connectivity index (χ4v) is 0.283. The first-order valence-corrected chi connectivity index (χ1v) is 2.62. The number of carbonyl (C=O) groups excluding carboxylic acids is 1. The van der Waals surface area contributed by atoms with Crippen molar-refractivity contribution in [2.75, 3.05) is 0 Å². The van der Waals surface area contributed by atoms with Gasteiger partial charge in [-0.25, -0.2) is 0 Å². The van der Waals surface area contributed by atoms with E-state index in [1.807, 2.05) is 0 Å². The second-order valence-corrected chi connectivity index (χ2v) is 1.87. The molecule has 0 saturated heterocycles. The summed E-state index contributed by atoms with van der Waals surface area (Å²) in [4.78, 5) is 9.82. The molecule has 0 N–H and O–H groups in total. The van der Waals surface area contributed by atoms with Crippen LogP contribution < -0.4 is 0 Å². The van der Waals surface area contributed by atoms with Gasteiger partial charge < -0.3 is 0 Å². The van der Waals surface area contributed by atoms with Crippen LogP contribution in [0.4, 0.5) is 26.3 Å². The molecular formula is C5HF6O2. The summed E-state index contributed by atoms with van der Waals surface area (Å²) in [5, 5.41) is 9.82. The number of ketones is 1. The highest BCUT2D eigenvalue weighted by Crippen LogP contribution is 2.25. The summed E-state index contributed by atoms with van der Waals surface area (Å²) in [6.07, 6.45) is -11.9. The van der Waals surface area contributed by atoms with Crippen molar-refractivity contribution >= 4 is 5.78 Å². The molecule has 0 heterocycles. The minimum absolute atomic E-state index is 1.03. The lowest BCUT2D eigenvalue weighted by molar-refractivity contribution is -0.167. The van der Waals surface area contributed by atoms with E-state index in [9.17, 15) is 36.2 Å². The molecule has 0 saturated carbocycles. The molecule has 0 aromatic rings. The predicted molar refractivity (Wildman–Crippen MR) is 25.9 cm³/mol. The van der Waals surface area contributed by atoms with Crippen molar-refractivity contribution < 1.29 is 36.2 Å². The molecule has 0 aliphatic rings. The molecule has 2 nitrogen and oxygen atoms in total. The zero-order valence-electron chi connectivity index (χ0n) is 5.66. The Hall–Kier alpha value is -1.21. The molecule has 0 rings (SSSR count). The van der Waals surface area contributed by atoms with Gasteiger partial charge in [-0.3, -0.25) is 9.90 Å². The van der Waals surface area contributed by atoms with Crippen LogP contribution in [0.25, 0.3) is 0 Å². The van der Waals surface area contributed by atoms with E-state index in [1.54, 1.807) is 0 Å². The number of allylic oxidation sites excluding steroid dienone is 2. The SMILES string of the molecule is [O]C(=CC(=O)C(F)(F)F)C(F)(F)F. The second-order valence-electron chi connectivity index (χ2n) is 1.87. The summed E-state index contributed by atoms with van der Waals surface area (Å²) in [6, 6.07) is 0. The van der Waals surface area contributed by atoms with Gasteiger partial charge in [0.05, 0.1) is 0 Å². The monoisotopic (exact) mass is 207 g/mol.